The summed E-state index contributed by atoms with van der Waals surface area (Å²) in [4.78, 5) is 14.7. The third-order valence-electron chi connectivity index (χ3n) is 2.07. The molecule has 0 fully saturated rings. The first-order valence-corrected chi connectivity index (χ1v) is 4.24. The molecule has 76 valence electrons. The van der Waals surface area contributed by atoms with Gasteiger partial charge in [-0.1, -0.05) is 12.2 Å². The summed E-state index contributed by atoms with van der Waals surface area (Å²) in [5.41, 5.74) is -2.30. The molecule has 0 saturated heterocycles. The number of aliphatic carboxylic acids is 1. The van der Waals surface area contributed by atoms with Gasteiger partial charge in [0.15, 0.2) is 0 Å². The predicted molar refractivity (Wildman–Crippen MR) is 53.1 cm³/mol. The lowest BCUT2D eigenvalue weighted by atomic mass is 9.89. The van der Waals surface area contributed by atoms with E-state index >= 15 is 0 Å². The normalized spacial score (nSPS) is 41.1. The topological polar surface area (TPSA) is 69.9 Å². The minimum absolute atomic E-state index is 0.997. The second-order valence-corrected chi connectivity index (χ2v) is 3.74. The van der Waals surface area contributed by atoms with Crippen molar-refractivity contribution in [1.82, 2.24) is 0 Å². The van der Waals surface area contributed by atoms with Gasteiger partial charge in [0, 0.05) is 12.4 Å². The van der Waals surface area contributed by atoms with Crippen LogP contribution in [0.1, 0.15) is 13.8 Å². The highest BCUT2D eigenvalue weighted by atomic mass is 16.4. The zero-order valence-corrected chi connectivity index (χ0v) is 8.14. The van der Waals surface area contributed by atoms with Crippen LogP contribution in [0.2, 0.25) is 0 Å². The molecular formula is C10H13NO3. The largest absolute Gasteiger partial charge is 0.480 e. The van der Waals surface area contributed by atoms with E-state index in [-0.39, 0.29) is 0 Å². The van der Waals surface area contributed by atoms with E-state index in [0.29, 0.717) is 0 Å². The number of rotatable bonds is 1. The van der Waals surface area contributed by atoms with Crippen molar-refractivity contribution in [2.75, 3.05) is 0 Å². The van der Waals surface area contributed by atoms with E-state index in [4.69, 9.17) is 5.11 Å². The lowest BCUT2D eigenvalue weighted by Crippen LogP contribution is -2.29. The Bertz CT molecular complexity index is 328. The molecule has 0 aromatic heterocycles. The molecule has 14 heavy (non-hydrogen) atoms. The molecule has 0 aliphatic carbocycles. The molecule has 4 nitrogen and oxygen atoms in total. The van der Waals surface area contributed by atoms with Gasteiger partial charge in [0.2, 0.25) is 0 Å². The first-order valence-electron chi connectivity index (χ1n) is 4.24. The molecule has 0 aromatic rings. The van der Waals surface area contributed by atoms with Gasteiger partial charge < -0.3 is 10.2 Å². The molecule has 1 aliphatic rings. The maximum absolute atomic E-state index is 10.9. The highest BCUT2D eigenvalue weighted by molar-refractivity contribution is 5.96. The maximum atomic E-state index is 10.9. The average Bonchev–Trinajstić information content (AvgIpc) is 2.07. The van der Waals surface area contributed by atoms with Crippen LogP contribution in [-0.4, -0.2) is 28.0 Å². The van der Waals surface area contributed by atoms with Crippen molar-refractivity contribution in [3.05, 3.63) is 24.4 Å². The van der Waals surface area contributed by atoms with E-state index in [0.717, 1.165) is 0 Å². The van der Waals surface area contributed by atoms with Crippen LogP contribution in [0.3, 0.4) is 0 Å². The van der Waals surface area contributed by atoms with E-state index in [1.165, 1.54) is 37.6 Å². The highest BCUT2D eigenvalue weighted by Crippen LogP contribution is 2.21. The molecule has 2 atom stereocenters. The molecule has 0 spiro atoms. The standard InChI is InChI=1S/C10H13NO3/c1-9(8(12)13)3-4-10(2,14)5-6-11-7-9/h3-7,14H,1-2H3,(H,12,13)/b4-3-,6-5-,11-7?. The van der Waals surface area contributed by atoms with Crippen molar-refractivity contribution in [2.24, 2.45) is 10.4 Å². The second-order valence-electron chi connectivity index (χ2n) is 3.74. The van der Waals surface area contributed by atoms with Crippen LogP contribution in [-0.2, 0) is 4.79 Å². The molecule has 2 unspecified atom stereocenters. The number of carbonyl (C=O) groups is 1. The van der Waals surface area contributed by atoms with Gasteiger partial charge in [0.25, 0.3) is 0 Å². The van der Waals surface area contributed by atoms with E-state index < -0.39 is 17.0 Å². The fraction of sp³-hybridized carbons (Fsp3) is 0.400. The fourth-order valence-electron chi connectivity index (χ4n) is 0.959. The fourth-order valence-corrected chi connectivity index (χ4v) is 0.959. The summed E-state index contributed by atoms with van der Waals surface area (Å²) in [6, 6.07) is 0. The van der Waals surface area contributed by atoms with E-state index in [2.05, 4.69) is 4.99 Å². The molecule has 0 bridgehead atoms. The summed E-state index contributed by atoms with van der Waals surface area (Å²) in [6.07, 6.45) is 7.09. The van der Waals surface area contributed by atoms with Gasteiger partial charge in [0.1, 0.15) is 5.41 Å². The number of aliphatic imine (C=N–C) groups is 1. The molecule has 0 radical (unpaired) electrons. The Labute approximate surface area is 82.3 Å². The lowest BCUT2D eigenvalue weighted by molar-refractivity contribution is -0.141. The first-order chi connectivity index (χ1) is 6.36. The van der Waals surface area contributed by atoms with Crippen LogP contribution in [0.5, 0.6) is 0 Å². The third-order valence-corrected chi connectivity index (χ3v) is 2.07. The Balaban J connectivity index is 3.11. The Morgan fingerprint density at radius 2 is 1.93 bits per heavy atom. The van der Waals surface area contributed by atoms with Crippen molar-refractivity contribution in [3.63, 3.8) is 0 Å². The average molecular weight is 195 g/mol. The minimum Gasteiger partial charge on any atom is -0.480 e. The molecule has 1 heterocycles. The molecule has 0 aromatic carbocycles. The number of hydrogen-bond acceptors (Lipinski definition) is 3. The van der Waals surface area contributed by atoms with E-state index in [1.54, 1.807) is 6.92 Å². The molecular weight excluding hydrogens is 182 g/mol. The van der Waals surface area contributed by atoms with Crippen LogP contribution >= 0.6 is 0 Å². The van der Waals surface area contributed by atoms with Crippen molar-refractivity contribution in [2.45, 2.75) is 19.4 Å². The molecule has 1 rings (SSSR count). The van der Waals surface area contributed by atoms with Gasteiger partial charge in [0.05, 0.1) is 5.60 Å². The van der Waals surface area contributed by atoms with Crippen LogP contribution in [0.4, 0.5) is 0 Å². The van der Waals surface area contributed by atoms with Crippen LogP contribution < -0.4 is 0 Å². The monoisotopic (exact) mass is 195 g/mol. The van der Waals surface area contributed by atoms with Crippen molar-refractivity contribution >= 4 is 12.2 Å². The SMILES string of the molecule is CC1(O)/C=C\N=CC(C)(C(=O)O)/C=C\1. The number of carboxylic acid groups (broad SMARTS) is 1. The Morgan fingerprint density at radius 1 is 1.29 bits per heavy atom. The number of hydrogen-bond donors (Lipinski definition) is 2. The lowest BCUT2D eigenvalue weighted by Gasteiger charge is -2.20. The number of nitrogens with zero attached hydrogens (tertiary/aromatic N) is 1. The van der Waals surface area contributed by atoms with E-state index in [1.807, 2.05) is 0 Å². The molecule has 4 heteroatoms. The predicted octanol–water partition coefficient (Wildman–Crippen LogP) is 0.983. The zero-order chi connectivity index (χ0) is 10.8. The minimum atomic E-state index is -1.16. The van der Waals surface area contributed by atoms with E-state index in [9.17, 15) is 9.90 Å². The summed E-state index contributed by atoms with van der Waals surface area (Å²) < 4.78 is 0. The van der Waals surface area contributed by atoms with Gasteiger partial charge in [-0.25, -0.2) is 0 Å². The molecule has 1 aliphatic heterocycles. The highest BCUT2D eigenvalue weighted by Gasteiger charge is 2.29. The number of carboxylic acids is 1. The Morgan fingerprint density at radius 3 is 2.50 bits per heavy atom. The summed E-state index contributed by atoms with van der Waals surface area (Å²) in [6.45, 7) is 3.08. The molecule has 0 saturated carbocycles. The molecule has 2 N–H and O–H groups in total. The van der Waals surface area contributed by atoms with Gasteiger partial charge in [-0.05, 0) is 19.9 Å². The smallest absolute Gasteiger partial charge is 0.318 e. The summed E-state index contributed by atoms with van der Waals surface area (Å²) in [5, 5.41) is 18.6. The Kier molecular flexibility index (Phi) is 2.57. The Hall–Kier alpha value is -1.42. The maximum Gasteiger partial charge on any atom is 0.318 e. The summed E-state index contributed by atoms with van der Waals surface area (Å²) >= 11 is 0. The van der Waals surface area contributed by atoms with Gasteiger partial charge >= 0.3 is 5.97 Å². The molecule has 0 amide bonds. The second kappa shape index (κ2) is 3.38. The van der Waals surface area contributed by atoms with Crippen molar-refractivity contribution in [1.29, 1.82) is 0 Å². The van der Waals surface area contributed by atoms with Gasteiger partial charge in [-0.3, -0.25) is 9.79 Å². The van der Waals surface area contributed by atoms with Crippen molar-refractivity contribution in [3.8, 4) is 0 Å². The van der Waals surface area contributed by atoms with Gasteiger partial charge in [-0.15, -0.1) is 0 Å². The summed E-state index contributed by atoms with van der Waals surface area (Å²) in [7, 11) is 0. The van der Waals surface area contributed by atoms with Crippen LogP contribution in [0.25, 0.3) is 0 Å². The number of aliphatic hydroxyl groups is 1. The van der Waals surface area contributed by atoms with Crippen molar-refractivity contribution < 1.29 is 15.0 Å². The van der Waals surface area contributed by atoms with Crippen LogP contribution in [0, 0.1) is 5.41 Å². The van der Waals surface area contributed by atoms with Crippen LogP contribution in [0.15, 0.2) is 29.4 Å². The zero-order valence-electron chi connectivity index (χ0n) is 8.14. The summed E-state index contributed by atoms with van der Waals surface area (Å²) in [5.74, 6) is -0.997. The quantitative estimate of drug-likeness (QED) is 0.613. The third kappa shape index (κ3) is 2.29. The van der Waals surface area contributed by atoms with Gasteiger partial charge in [-0.2, -0.15) is 0 Å². The first kappa shape index (κ1) is 10.7.